The van der Waals surface area contributed by atoms with Crippen molar-refractivity contribution in [2.24, 2.45) is 0 Å². The summed E-state index contributed by atoms with van der Waals surface area (Å²) in [6.07, 6.45) is 7.16. The molecule has 0 unspecified atom stereocenters. The van der Waals surface area contributed by atoms with Crippen molar-refractivity contribution in [1.82, 2.24) is 4.72 Å². The van der Waals surface area contributed by atoms with Crippen LogP contribution < -0.4 is 4.72 Å². The van der Waals surface area contributed by atoms with E-state index >= 15 is 0 Å². The summed E-state index contributed by atoms with van der Waals surface area (Å²) >= 11 is 6.05. The SMILES string of the molecule is CC(C)NSC(=O)[N+](S)(C1CCC1)C1CCC1. The summed E-state index contributed by atoms with van der Waals surface area (Å²) in [7, 11) is 0. The molecular weight excluding hydrogens is 252 g/mol. The molecule has 2 rings (SSSR count). The molecule has 0 aliphatic heterocycles. The van der Waals surface area contributed by atoms with Crippen LogP contribution in [0.15, 0.2) is 0 Å². The van der Waals surface area contributed by atoms with Crippen LogP contribution in [0.5, 0.6) is 0 Å². The number of amides is 1. The molecule has 5 heteroatoms. The van der Waals surface area contributed by atoms with Gasteiger partial charge in [0.1, 0.15) is 12.1 Å². The van der Waals surface area contributed by atoms with Gasteiger partial charge >= 0.3 is 5.24 Å². The minimum absolute atomic E-state index is 0.191. The predicted molar refractivity (Wildman–Crippen MR) is 75.8 cm³/mol. The van der Waals surface area contributed by atoms with Gasteiger partial charge in [0.25, 0.3) is 0 Å². The van der Waals surface area contributed by atoms with Gasteiger partial charge in [0.05, 0.1) is 24.8 Å². The number of carbonyl (C=O) groups excluding carboxylic acids is 1. The van der Waals surface area contributed by atoms with E-state index in [1.54, 1.807) is 0 Å². The maximum Gasteiger partial charge on any atom is 0.401 e. The first-order valence-corrected chi connectivity index (χ1v) is 7.85. The first kappa shape index (κ1) is 13.7. The Kier molecular flexibility index (Phi) is 4.45. The van der Waals surface area contributed by atoms with Crippen molar-refractivity contribution in [2.75, 3.05) is 0 Å². The topological polar surface area (TPSA) is 29.1 Å². The number of hydrogen-bond donors (Lipinski definition) is 2. The second-order valence-corrected chi connectivity index (χ2v) is 7.00. The molecule has 2 fully saturated rings. The largest absolute Gasteiger partial charge is 0.401 e. The van der Waals surface area contributed by atoms with E-state index in [2.05, 4.69) is 18.6 Å². The highest BCUT2D eigenvalue weighted by Crippen LogP contribution is 2.44. The summed E-state index contributed by atoms with van der Waals surface area (Å²) in [5.74, 6) is 0. The van der Waals surface area contributed by atoms with Gasteiger partial charge in [-0.3, -0.25) is 0 Å². The van der Waals surface area contributed by atoms with Gasteiger partial charge in [0.2, 0.25) is 0 Å². The minimum Gasteiger partial charge on any atom is -0.250 e. The number of carbonyl (C=O) groups is 1. The maximum absolute atomic E-state index is 12.4. The third-order valence-electron chi connectivity index (χ3n) is 3.94. The van der Waals surface area contributed by atoms with Crippen LogP contribution in [-0.2, 0) is 0 Å². The van der Waals surface area contributed by atoms with Crippen LogP contribution in [0.4, 0.5) is 4.79 Å². The highest BCUT2D eigenvalue weighted by Gasteiger charge is 2.52. The quantitative estimate of drug-likeness (QED) is 0.467. The summed E-state index contributed by atoms with van der Waals surface area (Å²) in [6.45, 7) is 4.11. The molecule has 2 aliphatic rings. The fraction of sp³-hybridized carbons (Fsp3) is 0.917. The van der Waals surface area contributed by atoms with Crippen LogP contribution in [0.3, 0.4) is 0 Å². The zero-order valence-electron chi connectivity index (χ0n) is 10.7. The normalized spacial score (nSPS) is 22.4. The third kappa shape index (κ3) is 2.67. The minimum atomic E-state index is 0.191. The van der Waals surface area contributed by atoms with Gasteiger partial charge in [0.15, 0.2) is 0 Å². The van der Waals surface area contributed by atoms with E-state index in [0.717, 1.165) is 25.7 Å². The molecule has 3 nitrogen and oxygen atoms in total. The van der Waals surface area contributed by atoms with Crippen molar-refractivity contribution in [3.8, 4) is 0 Å². The van der Waals surface area contributed by atoms with Crippen molar-refractivity contribution >= 4 is 30.0 Å². The monoisotopic (exact) mass is 275 g/mol. The van der Waals surface area contributed by atoms with Crippen LogP contribution in [0.25, 0.3) is 0 Å². The molecule has 0 heterocycles. The standard InChI is InChI=1S/C12H23N2OS2/c1-9(2)13-17-12(15)14(16,10-5-3-6-10)11-7-4-8-11/h9-11,13,16H,3-8H2,1-2H3/q+1. The van der Waals surface area contributed by atoms with Crippen molar-refractivity contribution < 1.29 is 8.68 Å². The average molecular weight is 275 g/mol. The number of nitrogens with one attached hydrogen (secondary N) is 1. The van der Waals surface area contributed by atoms with Gasteiger partial charge in [-0.15, -0.1) is 0 Å². The highest BCUT2D eigenvalue weighted by molar-refractivity contribution is 8.12. The van der Waals surface area contributed by atoms with Gasteiger partial charge in [-0.2, -0.15) is 3.89 Å². The summed E-state index contributed by atoms with van der Waals surface area (Å²) in [4.78, 5) is 12.4. The molecule has 1 amide bonds. The van der Waals surface area contributed by atoms with Crippen molar-refractivity contribution in [2.45, 2.75) is 70.5 Å². The molecule has 2 aliphatic carbocycles. The lowest BCUT2D eigenvalue weighted by molar-refractivity contribution is -0.775. The molecule has 0 aromatic carbocycles. The number of quaternary nitrogens is 1. The third-order valence-corrected chi connectivity index (χ3v) is 5.97. The summed E-state index contributed by atoms with van der Waals surface area (Å²) in [5, 5.41) is 0.191. The first-order valence-electron chi connectivity index (χ1n) is 6.63. The smallest absolute Gasteiger partial charge is 0.250 e. The highest BCUT2D eigenvalue weighted by atomic mass is 32.2. The second-order valence-electron chi connectivity index (χ2n) is 5.55. The fourth-order valence-corrected chi connectivity index (χ4v) is 3.76. The van der Waals surface area contributed by atoms with E-state index in [-0.39, 0.29) is 5.24 Å². The van der Waals surface area contributed by atoms with Crippen LogP contribution in [-0.4, -0.2) is 27.3 Å². The molecule has 0 aromatic heterocycles. The Morgan fingerprint density at radius 1 is 1.24 bits per heavy atom. The van der Waals surface area contributed by atoms with Crippen molar-refractivity contribution in [3.63, 3.8) is 0 Å². The fourth-order valence-electron chi connectivity index (χ4n) is 2.40. The van der Waals surface area contributed by atoms with E-state index in [4.69, 9.17) is 12.8 Å². The Morgan fingerprint density at radius 3 is 2.00 bits per heavy atom. The average Bonchev–Trinajstić information content (AvgIpc) is 2.07. The number of thiol groups is 1. The van der Waals surface area contributed by atoms with Crippen molar-refractivity contribution in [1.29, 1.82) is 0 Å². The lowest BCUT2D eigenvalue weighted by atomic mass is 9.85. The molecule has 0 aromatic rings. The summed E-state index contributed by atoms with van der Waals surface area (Å²) in [5.41, 5.74) is 0. The van der Waals surface area contributed by atoms with Crippen LogP contribution in [0.2, 0.25) is 0 Å². The van der Waals surface area contributed by atoms with E-state index in [0.29, 0.717) is 22.0 Å². The van der Waals surface area contributed by atoms with E-state index in [9.17, 15) is 4.79 Å². The second kappa shape index (κ2) is 5.51. The molecule has 0 radical (unpaired) electrons. The molecule has 17 heavy (non-hydrogen) atoms. The number of nitrogens with zero attached hydrogens (tertiary/aromatic N) is 1. The van der Waals surface area contributed by atoms with Crippen LogP contribution >= 0.6 is 24.8 Å². The van der Waals surface area contributed by atoms with Gasteiger partial charge in [-0.1, -0.05) is 0 Å². The van der Waals surface area contributed by atoms with Gasteiger partial charge < -0.3 is 0 Å². The van der Waals surface area contributed by atoms with E-state index < -0.39 is 0 Å². The molecule has 0 saturated heterocycles. The zero-order valence-corrected chi connectivity index (χ0v) is 12.4. The van der Waals surface area contributed by atoms with Crippen molar-refractivity contribution in [3.05, 3.63) is 0 Å². The summed E-state index contributed by atoms with van der Waals surface area (Å²) < 4.78 is 3.54. The maximum atomic E-state index is 12.4. The Hall–Kier alpha value is 0.290. The van der Waals surface area contributed by atoms with Gasteiger partial charge in [0, 0.05) is 31.7 Å². The lowest BCUT2D eigenvalue weighted by Crippen LogP contribution is -2.61. The predicted octanol–water partition coefficient (Wildman–Crippen LogP) is 3.52. The number of hydrogen-bond acceptors (Lipinski definition) is 4. The molecule has 0 bridgehead atoms. The molecular formula is C12H23N2OS2+. The van der Waals surface area contributed by atoms with E-state index in [1.807, 2.05) is 0 Å². The molecule has 1 N–H and O–H groups in total. The van der Waals surface area contributed by atoms with Gasteiger partial charge in [-0.25, -0.2) is 9.52 Å². The molecule has 0 spiro atoms. The Labute approximate surface area is 114 Å². The lowest BCUT2D eigenvalue weighted by Gasteiger charge is -2.48. The Morgan fingerprint density at radius 2 is 1.71 bits per heavy atom. The first-order chi connectivity index (χ1) is 8.05. The van der Waals surface area contributed by atoms with E-state index in [1.165, 1.54) is 24.8 Å². The molecule has 0 atom stereocenters. The summed E-state index contributed by atoms with van der Waals surface area (Å²) in [6, 6.07) is 1.24. The molecule has 98 valence electrons. The van der Waals surface area contributed by atoms with Gasteiger partial charge in [-0.05, 0) is 26.7 Å². The molecule has 2 saturated carbocycles. The Balaban J connectivity index is 2.01. The number of rotatable bonds is 4. The zero-order chi connectivity index (χ0) is 12.5. The van der Waals surface area contributed by atoms with Crippen LogP contribution in [0.1, 0.15) is 52.4 Å². The Bertz CT molecular complexity index is 274. The van der Waals surface area contributed by atoms with Crippen LogP contribution in [0, 0.1) is 0 Å².